The molecule has 1 aromatic carbocycles. The minimum absolute atomic E-state index is 0.624. The van der Waals surface area contributed by atoms with Crippen LogP contribution >= 0.6 is 11.6 Å². The summed E-state index contributed by atoms with van der Waals surface area (Å²) in [5.74, 6) is 0. The number of nitrogens with zero attached hydrogens (tertiary/aromatic N) is 1. The molecule has 1 aromatic heterocycles. The van der Waals surface area contributed by atoms with Gasteiger partial charge in [-0.25, -0.2) is 0 Å². The number of hydrogen-bond acceptors (Lipinski definition) is 2. The van der Waals surface area contributed by atoms with E-state index in [2.05, 4.69) is 11.1 Å². The molecule has 2 aromatic rings. The largest absolute Gasteiger partial charge is 0.330 e. The Morgan fingerprint density at radius 1 is 1.19 bits per heavy atom. The Labute approximate surface area is 100 Å². The van der Waals surface area contributed by atoms with Gasteiger partial charge in [0.2, 0.25) is 0 Å². The van der Waals surface area contributed by atoms with Gasteiger partial charge in [-0.15, -0.1) is 0 Å². The zero-order chi connectivity index (χ0) is 11.4. The first-order valence-corrected chi connectivity index (χ1v) is 5.59. The molecule has 1 heterocycles. The molecule has 2 nitrogen and oxygen atoms in total. The van der Waals surface area contributed by atoms with E-state index in [-0.39, 0.29) is 0 Å². The van der Waals surface area contributed by atoms with Gasteiger partial charge >= 0.3 is 0 Å². The van der Waals surface area contributed by atoms with E-state index in [0.717, 1.165) is 28.3 Å². The topological polar surface area (TPSA) is 38.9 Å². The van der Waals surface area contributed by atoms with E-state index in [4.69, 9.17) is 17.3 Å². The fourth-order valence-electron chi connectivity index (χ4n) is 1.69. The SMILES string of the molecule is NCCc1cccnc1-c1cccc(Cl)c1. The fraction of sp³-hybridized carbons (Fsp3) is 0.154. The van der Waals surface area contributed by atoms with Crippen molar-refractivity contribution in [3.8, 4) is 11.3 Å². The standard InChI is InChI=1S/C13H13ClN2/c14-12-5-1-3-11(9-12)13-10(6-7-15)4-2-8-16-13/h1-5,8-9H,6-7,15H2. The van der Waals surface area contributed by atoms with Crippen LogP contribution < -0.4 is 5.73 Å². The average molecular weight is 233 g/mol. The van der Waals surface area contributed by atoms with Crippen LogP contribution in [0.3, 0.4) is 0 Å². The molecule has 2 N–H and O–H groups in total. The van der Waals surface area contributed by atoms with Gasteiger partial charge in [0.05, 0.1) is 5.69 Å². The molecule has 82 valence electrons. The second kappa shape index (κ2) is 5.10. The van der Waals surface area contributed by atoms with Crippen LogP contribution in [0.2, 0.25) is 5.02 Å². The lowest BCUT2D eigenvalue weighted by Crippen LogP contribution is -2.04. The van der Waals surface area contributed by atoms with Crippen LogP contribution in [0.1, 0.15) is 5.56 Å². The molecule has 0 unspecified atom stereocenters. The first-order chi connectivity index (χ1) is 7.81. The van der Waals surface area contributed by atoms with E-state index >= 15 is 0 Å². The highest BCUT2D eigenvalue weighted by Gasteiger charge is 2.05. The third kappa shape index (κ3) is 2.40. The third-order valence-corrected chi connectivity index (χ3v) is 2.64. The van der Waals surface area contributed by atoms with E-state index < -0.39 is 0 Å². The molecule has 0 aliphatic carbocycles. The normalized spacial score (nSPS) is 10.4. The van der Waals surface area contributed by atoms with Gasteiger partial charge in [-0.05, 0) is 36.7 Å². The maximum absolute atomic E-state index is 5.97. The van der Waals surface area contributed by atoms with Crippen LogP contribution in [0, 0.1) is 0 Å². The summed E-state index contributed by atoms with van der Waals surface area (Å²) in [6.45, 7) is 0.624. The lowest BCUT2D eigenvalue weighted by Gasteiger charge is -2.07. The van der Waals surface area contributed by atoms with Crippen molar-refractivity contribution in [1.82, 2.24) is 4.98 Å². The molecule has 16 heavy (non-hydrogen) atoms. The molecule has 0 saturated carbocycles. The quantitative estimate of drug-likeness (QED) is 0.884. The molecule has 0 spiro atoms. The number of halogens is 1. The van der Waals surface area contributed by atoms with Crippen LogP contribution in [-0.4, -0.2) is 11.5 Å². The van der Waals surface area contributed by atoms with Gasteiger partial charge in [-0.2, -0.15) is 0 Å². The van der Waals surface area contributed by atoms with Crippen molar-refractivity contribution in [1.29, 1.82) is 0 Å². The molecule has 2 rings (SSSR count). The first kappa shape index (κ1) is 11.1. The minimum Gasteiger partial charge on any atom is -0.330 e. The van der Waals surface area contributed by atoms with E-state index in [0.29, 0.717) is 6.54 Å². The summed E-state index contributed by atoms with van der Waals surface area (Å²) < 4.78 is 0. The molecule has 0 atom stereocenters. The van der Waals surface area contributed by atoms with Crippen LogP contribution in [-0.2, 0) is 6.42 Å². The zero-order valence-corrected chi connectivity index (χ0v) is 9.61. The number of rotatable bonds is 3. The lowest BCUT2D eigenvalue weighted by molar-refractivity contribution is 0.961. The van der Waals surface area contributed by atoms with Gasteiger partial charge in [0.15, 0.2) is 0 Å². The van der Waals surface area contributed by atoms with Crippen LogP contribution in [0.25, 0.3) is 11.3 Å². The number of hydrogen-bond donors (Lipinski definition) is 1. The van der Waals surface area contributed by atoms with Gasteiger partial charge < -0.3 is 5.73 Å². The summed E-state index contributed by atoms with van der Waals surface area (Å²) in [6.07, 6.45) is 2.62. The Bertz CT molecular complexity index is 483. The summed E-state index contributed by atoms with van der Waals surface area (Å²) in [5, 5.41) is 0.724. The molecule has 0 bridgehead atoms. The highest BCUT2D eigenvalue weighted by Crippen LogP contribution is 2.24. The molecular weight excluding hydrogens is 220 g/mol. The smallest absolute Gasteiger partial charge is 0.0734 e. The maximum Gasteiger partial charge on any atom is 0.0734 e. The second-order valence-corrected chi connectivity index (χ2v) is 4.00. The molecule has 0 amide bonds. The van der Waals surface area contributed by atoms with Crippen molar-refractivity contribution in [3.63, 3.8) is 0 Å². The molecule has 0 saturated heterocycles. The van der Waals surface area contributed by atoms with Crippen molar-refractivity contribution in [2.45, 2.75) is 6.42 Å². The van der Waals surface area contributed by atoms with Gasteiger partial charge in [0, 0.05) is 16.8 Å². The second-order valence-electron chi connectivity index (χ2n) is 3.56. The van der Waals surface area contributed by atoms with Crippen molar-refractivity contribution in [3.05, 3.63) is 53.2 Å². The molecule has 0 aliphatic heterocycles. The average Bonchev–Trinajstić information content (AvgIpc) is 2.30. The summed E-state index contributed by atoms with van der Waals surface area (Å²) in [6, 6.07) is 11.7. The van der Waals surface area contributed by atoms with Gasteiger partial charge in [-0.1, -0.05) is 29.8 Å². The third-order valence-electron chi connectivity index (χ3n) is 2.40. The van der Waals surface area contributed by atoms with Crippen molar-refractivity contribution >= 4 is 11.6 Å². The van der Waals surface area contributed by atoms with Crippen molar-refractivity contribution in [2.75, 3.05) is 6.54 Å². The summed E-state index contributed by atoms with van der Waals surface area (Å²) in [4.78, 5) is 4.39. The van der Waals surface area contributed by atoms with E-state index in [1.54, 1.807) is 6.20 Å². The minimum atomic E-state index is 0.624. The fourth-order valence-corrected chi connectivity index (χ4v) is 1.88. The van der Waals surface area contributed by atoms with Crippen LogP contribution in [0.15, 0.2) is 42.6 Å². The number of aromatic nitrogens is 1. The Morgan fingerprint density at radius 2 is 2.06 bits per heavy atom. The maximum atomic E-state index is 5.97. The van der Waals surface area contributed by atoms with Gasteiger partial charge in [0.1, 0.15) is 0 Å². The highest BCUT2D eigenvalue weighted by molar-refractivity contribution is 6.30. The number of benzene rings is 1. The summed E-state index contributed by atoms with van der Waals surface area (Å²) in [7, 11) is 0. The molecular formula is C13H13ClN2. The summed E-state index contributed by atoms with van der Waals surface area (Å²) in [5.41, 5.74) is 8.75. The van der Waals surface area contributed by atoms with Crippen molar-refractivity contribution < 1.29 is 0 Å². The van der Waals surface area contributed by atoms with E-state index in [1.165, 1.54) is 0 Å². The van der Waals surface area contributed by atoms with E-state index in [1.807, 2.05) is 30.3 Å². The summed E-state index contributed by atoms with van der Waals surface area (Å²) >= 11 is 5.97. The van der Waals surface area contributed by atoms with Crippen LogP contribution in [0.5, 0.6) is 0 Å². The number of nitrogens with two attached hydrogens (primary N) is 1. The Hall–Kier alpha value is -1.38. The van der Waals surface area contributed by atoms with Crippen molar-refractivity contribution in [2.24, 2.45) is 5.73 Å². The Kier molecular flexibility index (Phi) is 3.54. The Balaban J connectivity index is 2.46. The highest BCUT2D eigenvalue weighted by atomic mass is 35.5. The van der Waals surface area contributed by atoms with E-state index in [9.17, 15) is 0 Å². The predicted octanol–water partition coefficient (Wildman–Crippen LogP) is 2.90. The first-order valence-electron chi connectivity index (χ1n) is 5.21. The molecule has 3 heteroatoms. The van der Waals surface area contributed by atoms with Gasteiger partial charge in [0.25, 0.3) is 0 Å². The zero-order valence-electron chi connectivity index (χ0n) is 8.86. The Morgan fingerprint density at radius 3 is 2.81 bits per heavy atom. The number of pyridine rings is 1. The van der Waals surface area contributed by atoms with Gasteiger partial charge in [-0.3, -0.25) is 4.98 Å². The molecule has 0 radical (unpaired) electrons. The van der Waals surface area contributed by atoms with Crippen LogP contribution in [0.4, 0.5) is 0 Å². The monoisotopic (exact) mass is 232 g/mol. The molecule has 0 fully saturated rings. The molecule has 0 aliphatic rings. The lowest BCUT2D eigenvalue weighted by atomic mass is 10.0. The predicted molar refractivity (Wildman–Crippen MR) is 67.4 cm³/mol.